The summed E-state index contributed by atoms with van der Waals surface area (Å²) in [6.45, 7) is 4.84. The lowest BCUT2D eigenvalue weighted by Crippen LogP contribution is -2.49. The molecule has 0 bridgehead atoms. The van der Waals surface area contributed by atoms with Gasteiger partial charge in [-0.15, -0.1) is 0 Å². The minimum absolute atomic E-state index is 0.0137. The first-order valence-corrected chi connectivity index (χ1v) is 10.5. The second-order valence-electron chi connectivity index (χ2n) is 7.52. The van der Waals surface area contributed by atoms with Crippen LogP contribution in [0.25, 0.3) is 16.9 Å². The zero-order chi connectivity index (χ0) is 21.2. The average molecular weight is 413 g/mol. The minimum atomic E-state index is -0.0137. The highest BCUT2D eigenvalue weighted by atomic mass is 16.2. The molecule has 4 aromatic rings. The maximum atomic E-state index is 13.1. The van der Waals surface area contributed by atoms with Gasteiger partial charge in [0.1, 0.15) is 24.0 Å². The zero-order valence-electron chi connectivity index (χ0n) is 17.3. The van der Waals surface area contributed by atoms with E-state index >= 15 is 0 Å². The van der Waals surface area contributed by atoms with Crippen molar-refractivity contribution in [3.05, 3.63) is 72.6 Å². The SMILES string of the molecule is CCc1cc(N2CCN(C(=O)c3cnc4c(c3)ncn4-c3ccccc3)CC2)ncn1. The summed E-state index contributed by atoms with van der Waals surface area (Å²) in [5.41, 5.74) is 4.03. The van der Waals surface area contributed by atoms with Gasteiger partial charge in [-0.2, -0.15) is 0 Å². The van der Waals surface area contributed by atoms with Crippen LogP contribution >= 0.6 is 0 Å². The Hall–Kier alpha value is -3.81. The molecule has 1 aromatic carbocycles. The van der Waals surface area contributed by atoms with Crippen LogP contribution in [0.5, 0.6) is 0 Å². The van der Waals surface area contributed by atoms with E-state index in [1.807, 2.05) is 51.9 Å². The molecule has 0 radical (unpaired) electrons. The highest BCUT2D eigenvalue weighted by molar-refractivity contribution is 5.96. The van der Waals surface area contributed by atoms with Crippen LogP contribution in [-0.2, 0) is 6.42 Å². The zero-order valence-corrected chi connectivity index (χ0v) is 17.3. The highest BCUT2D eigenvalue weighted by Gasteiger charge is 2.24. The number of para-hydroxylation sites is 1. The average Bonchev–Trinajstić information content (AvgIpc) is 3.27. The highest BCUT2D eigenvalue weighted by Crippen LogP contribution is 2.19. The number of hydrogen-bond donors (Lipinski definition) is 0. The molecule has 156 valence electrons. The lowest BCUT2D eigenvalue weighted by molar-refractivity contribution is 0.0746. The Morgan fingerprint density at radius 1 is 0.968 bits per heavy atom. The van der Waals surface area contributed by atoms with E-state index < -0.39 is 0 Å². The van der Waals surface area contributed by atoms with Crippen LogP contribution in [0.1, 0.15) is 23.0 Å². The van der Waals surface area contributed by atoms with Gasteiger partial charge in [0.2, 0.25) is 0 Å². The third-order valence-electron chi connectivity index (χ3n) is 5.63. The molecule has 0 atom stereocenters. The molecular formula is C23H23N7O. The van der Waals surface area contributed by atoms with Gasteiger partial charge >= 0.3 is 0 Å². The van der Waals surface area contributed by atoms with E-state index in [4.69, 9.17) is 0 Å². The molecule has 4 heterocycles. The Balaban J connectivity index is 1.30. The largest absolute Gasteiger partial charge is 0.353 e. The molecule has 0 N–H and O–H groups in total. The predicted octanol–water partition coefficient (Wildman–Crippen LogP) is 2.74. The maximum Gasteiger partial charge on any atom is 0.255 e. The van der Waals surface area contributed by atoms with Gasteiger partial charge in [0, 0.05) is 49.8 Å². The Morgan fingerprint density at radius 2 is 1.77 bits per heavy atom. The standard InChI is InChI=1S/C23H23N7O/c1-2-18-13-21(26-15-25-18)28-8-10-29(11-9-28)23(31)17-12-20-22(24-14-17)30(16-27-20)19-6-4-3-5-7-19/h3-7,12-16H,2,8-11H2,1H3. The van der Waals surface area contributed by atoms with Crippen LogP contribution in [0.3, 0.4) is 0 Å². The first-order valence-electron chi connectivity index (χ1n) is 10.5. The Bertz CT molecular complexity index is 1210. The van der Waals surface area contributed by atoms with Gasteiger partial charge in [0.25, 0.3) is 5.91 Å². The molecule has 0 unspecified atom stereocenters. The molecule has 0 spiro atoms. The number of piperazine rings is 1. The van der Waals surface area contributed by atoms with E-state index in [1.165, 1.54) is 0 Å². The number of hydrogen-bond acceptors (Lipinski definition) is 6. The summed E-state index contributed by atoms with van der Waals surface area (Å²) in [6, 6.07) is 13.8. The van der Waals surface area contributed by atoms with Crippen molar-refractivity contribution in [1.82, 2.24) is 29.4 Å². The van der Waals surface area contributed by atoms with Gasteiger partial charge in [-0.1, -0.05) is 25.1 Å². The van der Waals surface area contributed by atoms with Crippen LogP contribution in [0.2, 0.25) is 0 Å². The number of benzene rings is 1. The molecule has 1 amide bonds. The topological polar surface area (TPSA) is 80.0 Å². The number of aromatic nitrogens is 5. The van der Waals surface area contributed by atoms with Gasteiger partial charge in [-0.3, -0.25) is 9.36 Å². The van der Waals surface area contributed by atoms with E-state index in [0.29, 0.717) is 24.2 Å². The summed E-state index contributed by atoms with van der Waals surface area (Å²) >= 11 is 0. The molecular weight excluding hydrogens is 390 g/mol. The molecule has 1 saturated heterocycles. The van der Waals surface area contributed by atoms with Crippen LogP contribution < -0.4 is 4.90 Å². The molecule has 31 heavy (non-hydrogen) atoms. The number of aryl methyl sites for hydroxylation is 1. The second-order valence-corrected chi connectivity index (χ2v) is 7.52. The van der Waals surface area contributed by atoms with Gasteiger partial charge in [-0.25, -0.2) is 19.9 Å². The molecule has 3 aromatic heterocycles. The lowest BCUT2D eigenvalue weighted by atomic mass is 10.2. The minimum Gasteiger partial charge on any atom is -0.353 e. The molecule has 0 aliphatic carbocycles. The fraction of sp³-hybridized carbons (Fsp3) is 0.261. The quantitative estimate of drug-likeness (QED) is 0.512. The van der Waals surface area contributed by atoms with Crippen molar-refractivity contribution in [3.8, 4) is 5.69 Å². The second kappa shape index (κ2) is 8.14. The van der Waals surface area contributed by atoms with Gasteiger partial charge in [0.15, 0.2) is 5.65 Å². The van der Waals surface area contributed by atoms with E-state index in [0.717, 1.165) is 42.4 Å². The summed E-state index contributed by atoms with van der Waals surface area (Å²) in [5, 5.41) is 0. The van der Waals surface area contributed by atoms with E-state index in [2.05, 4.69) is 31.8 Å². The number of rotatable bonds is 4. The number of fused-ring (bicyclic) bond motifs is 1. The van der Waals surface area contributed by atoms with Crippen LogP contribution in [-0.4, -0.2) is 61.5 Å². The van der Waals surface area contributed by atoms with Crippen molar-refractivity contribution >= 4 is 22.9 Å². The van der Waals surface area contributed by atoms with Gasteiger partial charge in [0.05, 0.1) is 5.56 Å². The number of nitrogens with zero attached hydrogens (tertiary/aromatic N) is 7. The Morgan fingerprint density at radius 3 is 2.55 bits per heavy atom. The molecule has 0 saturated carbocycles. The fourth-order valence-corrected chi connectivity index (χ4v) is 3.87. The summed E-state index contributed by atoms with van der Waals surface area (Å²) in [7, 11) is 0. The van der Waals surface area contributed by atoms with Crippen molar-refractivity contribution in [3.63, 3.8) is 0 Å². The van der Waals surface area contributed by atoms with Gasteiger partial charge < -0.3 is 9.80 Å². The summed E-state index contributed by atoms with van der Waals surface area (Å²) in [5.74, 6) is 0.911. The van der Waals surface area contributed by atoms with Crippen molar-refractivity contribution in [2.45, 2.75) is 13.3 Å². The number of carbonyl (C=O) groups is 1. The Kier molecular flexibility index (Phi) is 5.03. The number of anilines is 1. The van der Waals surface area contributed by atoms with Gasteiger partial charge in [-0.05, 0) is 24.6 Å². The van der Waals surface area contributed by atoms with E-state index in [9.17, 15) is 4.79 Å². The maximum absolute atomic E-state index is 13.1. The van der Waals surface area contributed by atoms with Crippen molar-refractivity contribution in [2.75, 3.05) is 31.1 Å². The molecule has 8 nitrogen and oxygen atoms in total. The molecule has 1 fully saturated rings. The Labute approximate surface area is 180 Å². The summed E-state index contributed by atoms with van der Waals surface area (Å²) in [6.07, 6.45) is 5.88. The van der Waals surface area contributed by atoms with Crippen molar-refractivity contribution < 1.29 is 4.79 Å². The molecule has 1 aliphatic heterocycles. The van der Waals surface area contributed by atoms with E-state index in [1.54, 1.807) is 18.9 Å². The number of amides is 1. The third-order valence-corrected chi connectivity index (χ3v) is 5.63. The normalized spacial score (nSPS) is 14.2. The summed E-state index contributed by atoms with van der Waals surface area (Å²) in [4.78, 5) is 34.8. The van der Waals surface area contributed by atoms with Crippen LogP contribution in [0, 0.1) is 0 Å². The fourth-order valence-electron chi connectivity index (χ4n) is 3.87. The first-order chi connectivity index (χ1) is 15.2. The van der Waals surface area contributed by atoms with E-state index in [-0.39, 0.29) is 5.91 Å². The number of imidazole rings is 1. The smallest absolute Gasteiger partial charge is 0.255 e. The lowest BCUT2D eigenvalue weighted by Gasteiger charge is -2.35. The predicted molar refractivity (Wildman–Crippen MR) is 118 cm³/mol. The van der Waals surface area contributed by atoms with Crippen LogP contribution in [0.4, 0.5) is 5.82 Å². The first kappa shape index (κ1) is 19.2. The van der Waals surface area contributed by atoms with Crippen molar-refractivity contribution in [2.24, 2.45) is 0 Å². The number of pyridine rings is 1. The number of carbonyl (C=O) groups excluding carboxylic acids is 1. The van der Waals surface area contributed by atoms with Crippen molar-refractivity contribution in [1.29, 1.82) is 0 Å². The van der Waals surface area contributed by atoms with Crippen LogP contribution in [0.15, 0.2) is 61.3 Å². The molecule has 5 rings (SSSR count). The molecule has 1 aliphatic rings. The monoisotopic (exact) mass is 413 g/mol. The third kappa shape index (κ3) is 3.72. The summed E-state index contributed by atoms with van der Waals surface area (Å²) < 4.78 is 1.93. The molecule has 8 heteroatoms.